The Kier molecular flexibility index (Phi) is 4.12. The van der Waals surface area contributed by atoms with Gasteiger partial charge in [0.1, 0.15) is 5.82 Å². The van der Waals surface area contributed by atoms with Gasteiger partial charge in [0.25, 0.3) is 0 Å². The molecule has 0 bridgehead atoms. The van der Waals surface area contributed by atoms with Gasteiger partial charge in [-0.3, -0.25) is 9.78 Å². The van der Waals surface area contributed by atoms with Gasteiger partial charge in [0, 0.05) is 23.4 Å². The first-order valence-corrected chi connectivity index (χ1v) is 7.83. The summed E-state index contributed by atoms with van der Waals surface area (Å²) in [7, 11) is 0. The molecule has 1 aliphatic rings. The van der Waals surface area contributed by atoms with E-state index in [1.54, 1.807) is 41.2 Å². The average molecular weight is 323 g/mol. The number of nitrogens with zero attached hydrogens (tertiary/aromatic N) is 2. The third-order valence-corrected chi connectivity index (χ3v) is 4.63. The molecule has 1 amide bonds. The number of fused-ring (bicyclic) bond motifs is 1. The predicted molar refractivity (Wildman–Crippen MR) is 82.4 cm³/mol. The fourth-order valence-electron chi connectivity index (χ4n) is 2.27. The molecule has 6 heteroatoms. The smallest absolute Gasteiger partial charge is 0.231 e. The quantitative estimate of drug-likeness (QED) is 0.847. The Balaban J connectivity index is 1.85. The Labute approximate surface area is 131 Å². The summed E-state index contributed by atoms with van der Waals surface area (Å²) in [5, 5.41) is 0.0385. The van der Waals surface area contributed by atoms with Gasteiger partial charge in [0.15, 0.2) is 0 Å². The molecule has 3 rings (SSSR count). The van der Waals surface area contributed by atoms with E-state index in [1.807, 2.05) is 6.07 Å². The topological polar surface area (TPSA) is 33.2 Å². The van der Waals surface area contributed by atoms with Crippen molar-refractivity contribution in [1.82, 2.24) is 4.98 Å². The van der Waals surface area contributed by atoms with Gasteiger partial charge < -0.3 is 4.90 Å². The zero-order valence-electron chi connectivity index (χ0n) is 11.1. The molecule has 108 valence electrons. The number of carbonyl (C=O) groups is 1. The van der Waals surface area contributed by atoms with Crippen molar-refractivity contribution in [2.75, 3.05) is 17.2 Å². The average Bonchev–Trinajstić information content (AvgIpc) is 2.51. The van der Waals surface area contributed by atoms with Crippen LogP contribution >= 0.6 is 23.4 Å². The van der Waals surface area contributed by atoms with Gasteiger partial charge in [-0.2, -0.15) is 0 Å². The SMILES string of the molecule is O=C(Cc1cccc(Cl)c1F)N1CCSc2ccncc21. The highest BCUT2D eigenvalue weighted by molar-refractivity contribution is 7.99. The normalized spacial score (nSPS) is 13.9. The van der Waals surface area contributed by atoms with E-state index in [2.05, 4.69) is 4.98 Å². The van der Waals surface area contributed by atoms with Crippen LogP contribution in [0.5, 0.6) is 0 Å². The van der Waals surface area contributed by atoms with E-state index in [-0.39, 0.29) is 17.4 Å². The van der Waals surface area contributed by atoms with Gasteiger partial charge in [0.2, 0.25) is 5.91 Å². The Morgan fingerprint density at radius 2 is 2.29 bits per heavy atom. The van der Waals surface area contributed by atoms with Gasteiger partial charge in [-0.25, -0.2) is 4.39 Å². The minimum absolute atomic E-state index is 0.00854. The third-order valence-electron chi connectivity index (χ3n) is 3.30. The number of thioether (sulfide) groups is 1. The van der Waals surface area contributed by atoms with E-state index in [9.17, 15) is 9.18 Å². The van der Waals surface area contributed by atoms with Gasteiger partial charge in [0.05, 0.1) is 23.3 Å². The van der Waals surface area contributed by atoms with E-state index in [0.29, 0.717) is 12.1 Å². The van der Waals surface area contributed by atoms with Crippen LogP contribution in [0.15, 0.2) is 41.6 Å². The lowest BCUT2D eigenvalue weighted by atomic mass is 10.1. The van der Waals surface area contributed by atoms with Crippen molar-refractivity contribution in [3.8, 4) is 0 Å². The lowest BCUT2D eigenvalue weighted by molar-refractivity contribution is -0.118. The molecule has 0 spiro atoms. The maximum atomic E-state index is 13.9. The fourth-order valence-corrected chi connectivity index (χ4v) is 3.42. The molecule has 1 aromatic heterocycles. The van der Waals surface area contributed by atoms with Crippen LogP contribution in [0.1, 0.15) is 5.56 Å². The highest BCUT2D eigenvalue weighted by Gasteiger charge is 2.24. The molecule has 0 N–H and O–H groups in total. The first kappa shape index (κ1) is 14.4. The number of benzene rings is 1. The molecule has 0 unspecified atom stereocenters. The van der Waals surface area contributed by atoms with Gasteiger partial charge in [-0.1, -0.05) is 23.7 Å². The summed E-state index contributed by atoms with van der Waals surface area (Å²) < 4.78 is 13.9. The summed E-state index contributed by atoms with van der Waals surface area (Å²) in [6, 6.07) is 6.60. The second-order valence-corrected chi connectivity index (χ2v) is 6.17. The predicted octanol–water partition coefficient (Wildman–Crippen LogP) is 3.56. The number of rotatable bonds is 2. The molecular weight excluding hydrogens is 311 g/mol. The second-order valence-electron chi connectivity index (χ2n) is 4.63. The molecule has 0 saturated heterocycles. The number of aromatic nitrogens is 1. The highest BCUT2D eigenvalue weighted by atomic mass is 35.5. The van der Waals surface area contributed by atoms with E-state index in [4.69, 9.17) is 11.6 Å². The van der Waals surface area contributed by atoms with Crippen molar-refractivity contribution in [3.05, 3.63) is 53.1 Å². The molecule has 21 heavy (non-hydrogen) atoms. The van der Waals surface area contributed by atoms with Crippen LogP contribution in [0.3, 0.4) is 0 Å². The molecule has 1 aromatic carbocycles. The summed E-state index contributed by atoms with van der Waals surface area (Å²) in [5.41, 5.74) is 1.11. The standard InChI is InChI=1S/C15H12ClFN2OS/c16-11-3-1-2-10(15(11)17)8-14(20)19-6-7-21-13-4-5-18-9-12(13)19/h1-5,9H,6-8H2. The third kappa shape index (κ3) is 2.89. The molecule has 0 aliphatic carbocycles. The van der Waals surface area contributed by atoms with Gasteiger partial charge in [-0.05, 0) is 17.7 Å². The molecule has 2 heterocycles. The fraction of sp³-hybridized carbons (Fsp3) is 0.200. The molecule has 0 atom stereocenters. The van der Waals surface area contributed by atoms with Gasteiger partial charge in [-0.15, -0.1) is 11.8 Å². The van der Waals surface area contributed by atoms with Crippen molar-refractivity contribution in [1.29, 1.82) is 0 Å². The number of pyridine rings is 1. The van der Waals surface area contributed by atoms with Crippen LogP contribution in [0, 0.1) is 5.82 Å². The Morgan fingerprint density at radius 1 is 1.43 bits per heavy atom. The number of hydrogen-bond acceptors (Lipinski definition) is 3. The monoisotopic (exact) mass is 322 g/mol. The number of hydrogen-bond donors (Lipinski definition) is 0. The van der Waals surface area contributed by atoms with Crippen molar-refractivity contribution in [3.63, 3.8) is 0 Å². The number of halogens is 2. The van der Waals surface area contributed by atoms with Crippen molar-refractivity contribution in [2.45, 2.75) is 11.3 Å². The van der Waals surface area contributed by atoms with Crippen molar-refractivity contribution < 1.29 is 9.18 Å². The van der Waals surface area contributed by atoms with Crippen LogP contribution in [0.2, 0.25) is 5.02 Å². The van der Waals surface area contributed by atoms with Crippen molar-refractivity contribution in [2.24, 2.45) is 0 Å². The van der Waals surface area contributed by atoms with E-state index in [0.717, 1.165) is 16.3 Å². The lowest BCUT2D eigenvalue weighted by Gasteiger charge is -2.28. The zero-order valence-corrected chi connectivity index (χ0v) is 12.6. The summed E-state index contributed by atoms with van der Waals surface area (Å²) in [5.74, 6) is 0.150. The van der Waals surface area contributed by atoms with Crippen LogP contribution in [0.25, 0.3) is 0 Å². The maximum absolute atomic E-state index is 13.9. The minimum Gasteiger partial charge on any atom is -0.309 e. The maximum Gasteiger partial charge on any atom is 0.231 e. The van der Waals surface area contributed by atoms with Crippen LogP contribution in [-0.2, 0) is 11.2 Å². The first-order chi connectivity index (χ1) is 10.2. The minimum atomic E-state index is -0.523. The van der Waals surface area contributed by atoms with Crippen LogP contribution in [0.4, 0.5) is 10.1 Å². The van der Waals surface area contributed by atoms with Crippen LogP contribution in [-0.4, -0.2) is 23.2 Å². The largest absolute Gasteiger partial charge is 0.309 e. The number of carbonyl (C=O) groups excluding carboxylic acids is 1. The summed E-state index contributed by atoms with van der Waals surface area (Å²) in [6.45, 7) is 0.602. The summed E-state index contributed by atoms with van der Waals surface area (Å²) in [6.07, 6.45) is 3.37. The highest BCUT2D eigenvalue weighted by Crippen LogP contribution is 2.34. The number of amides is 1. The molecule has 2 aromatic rings. The molecule has 0 fully saturated rings. The van der Waals surface area contributed by atoms with E-state index >= 15 is 0 Å². The lowest BCUT2D eigenvalue weighted by Crippen LogP contribution is -2.36. The van der Waals surface area contributed by atoms with Crippen molar-refractivity contribution >= 4 is 35.0 Å². The molecule has 1 aliphatic heterocycles. The van der Waals surface area contributed by atoms with E-state index < -0.39 is 5.82 Å². The molecule has 3 nitrogen and oxygen atoms in total. The molecule has 0 saturated carbocycles. The first-order valence-electron chi connectivity index (χ1n) is 6.47. The summed E-state index contributed by atoms with van der Waals surface area (Å²) >= 11 is 7.44. The Hall–Kier alpha value is -1.59. The van der Waals surface area contributed by atoms with Gasteiger partial charge >= 0.3 is 0 Å². The molecule has 0 radical (unpaired) electrons. The zero-order chi connectivity index (χ0) is 14.8. The van der Waals surface area contributed by atoms with E-state index in [1.165, 1.54) is 6.07 Å². The summed E-state index contributed by atoms with van der Waals surface area (Å²) in [4.78, 5) is 19.2. The number of anilines is 1. The second kappa shape index (κ2) is 6.03. The Morgan fingerprint density at radius 3 is 3.14 bits per heavy atom. The molecular formula is C15H12ClFN2OS. The Bertz CT molecular complexity index is 695. The van der Waals surface area contributed by atoms with Crippen LogP contribution < -0.4 is 4.90 Å².